The van der Waals surface area contributed by atoms with Crippen molar-refractivity contribution in [1.29, 1.82) is 0 Å². The van der Waals surface area contributed by atoms with Gasteiger partial charge in [-0.15, -0.1) is 0 Å². The van der Waals surface area contributed by atoms with Crippen molar-refractivity contribution < 1.29 is 14.6 Å². The van der Waals surface area contributed by atoms with Gasteiger partial charge in [-0.3, -0.25) is 9.78 Å². The van der Waals surface area contributed by atoms with E-state index in [-0.39, 0.29) is 17.9 Å². The Kier molecular flexibility index (Phi) is 4.04. The number of carbonyl (C=O) groups is 1. The monoisotopic (exact) mass is 324 g/mol. The summed E-state index contributed by atoms with van der Waals surface area (Å²) in [4.78, 5) is 28.4. The number of carbonyl (C=O) groups excluding carboxylic acids is 1. The highest BCUT2D eigenvalue weighted by Gasteiger charge is 2.22. The van der Waals surface area contributed by atoms with Crippen molar-refractivity contribution in [2.75, 3.05) is 6.61 Å². The predicted molar refractivity (Wildman–Crippen MR) is 90.0 cm³/mol. The van der Waals surface area contributed by atoms with Crippen LogP contribution in [0.25, 0.3) is 22.0 Å². The van der Waals surface area contributed by atoms with Crippen molar-refractivity contribution in [2.24, 2.45) is 7.05 Å². The number of aryl methyl sites for hydroxylation is 1. The lowest BCUT2D eigenvalue weighted by Crippen LogP contribution is -2.26. The Morgan fingerprint density at radius 3 is 2.58 bits per heavy atom. The normalized spacial score (nSPS) is 10.8. The fourth-order valence-corrected chi connectivity index (χ4v) is 2.63. The molecule has 6 nitrogen and oxygen atoms in total. The van der Waals surface area contributed by atoms with Crippen LogP contribution < -0.4 is 5.56 Å². The highest BCUT2D eigenvalue weighted by Crippen LogP contribution is 2.30. The van der Waals surface area contributed by atoms with Crippen LogP contribution in [0.4, 0.5) is 0 Å². The van der Waals surface area contributed by atoms with Crippen molar-refractivity contribution in [2.45, 2.75) is 6.92 Å². The van der Waals surface area contributed by atoms with E-state index in [0.29, 0.717) is 10.9 Å². The van der Waals surface area contributed by atoms with Gasteiger partial charge < -0.3 is 14.4 Å². The van der Waals surface area contributed by atoms with Crippen molar-refractivity contribution in [1.82, 2.24) is 9.55 Å². The summed E-state index contributed by atoms with van der Waals surface area (Å²) in [5.74, 6) is -1.18. The number of ether oxygens (including phenoxy) is 1. The van der Waals surface area contributed by atoms with Gasteiger partial charge in [0.2, 0.25) is 0 Å². The first kappa shape index (κ1) is 15.7. The molecule has 1 aromatic carbocycles. The summed E-state index contributed by atoms with van der Waals surface area (Å²) in [5, 5.41) is 10.8. The third-order valence-electron chi connectivity index (χ3n) is 3.86. The molecule has 1 N–H and O–H groups in total. The Hall–Kier alpha value is -3.15. The summed E-state index contributed by atoms with van der Waals surface area (Å²) in [6.45, 7) is 1.77. The first-order chi connectivity index (χ1) is 11.5. The standard InChI is InChI=1S/C18H16N2O4/c1-3-24-18(23)15-16(21)13-5-4-12(11-6-8-19-9-7-11)10-14(13)20(2)17(15)22/h4-10,21H,3H2,1-2H3. The highest BCUT2D eigenvalue weighted by molar-refractivity contribution is 6.00. The van der Waals surface area contributed by atoms with Crippen LogP contribution in [0.3, 0.4) is 0 Å². The van der Waals surface area contributed by atoms with Crippen LogP contribution >= 0.6 is 0 Å². The zero-order chi connectivity index (χ0) is 17.3. The van der Waals surface area contributed by atoms with Gasteiger partial charge in [0, 0.05) is 24.8 Å². The molecule has 0 unspecified atom stereocenters. The molecule has 3 rings (SSSR count). The number of pyridine rings is 2. The molecule has 2 aromatic heterocycles. The fourth-order valence-electron chi connectivity index (χ4n) is 2.63. The number of hydrogen-bond acceptors (Lipinski definition) is 5. The number of benzene rings is 1. The lowest BCUT2D eigenvalue weighted by atomic mass is 10.0. The van der Waals surface area contributed by atoms with Gasteiger partial charge in [0.05, 0.1) is 12.1 Å². The van der Waals surface area contributed by atoms with Crippen LogP contribution in [0, 0.1) is 0 Å². The first-order valence-electron chi connectivity index (χ1n) is 7.47. The van der Waals surface area contributed by atoms with E-state index in [9.17, 15) is 14.7 Å². The van der Waals surface area contributed by atoms with Crippen molar-refractivity contribution in [3.05, 3.63) is 58.6 Å². The molecule has 0 saturated carbocycles. The number of aromatic nitrogens is 2. The molecular formula is C18H16N2O4. The van der Waals surface area contributed by atoms with Gasteiger partial charge in [0.25, 0.3) is 5.56 Å². The molecule has 3 aromatic rings. The maximum Gasteiger partial charge on any atom is 0.347 e. The lowest BCUT2D eigenvalue weighted by molar-refractivity contribution is 0.0520. The summed E-state index contributed by atoms with van der Waals surface area (Å²) < 4.78 is 6.21. The molecule has 0 spiro atoms. The van der Waals surface area contributed by atoms with Gasteiger partial charge in [-0.05, 0) is 42.3 Å². The molecule has 0 aliphatic heterocycles. The number of nitrogens with zero attached hydrogens (tertiary/aromatic N) is 2. The van der Waals surface area contributed by atoms with E-state index in [4.69, 9.17) is 4.74 Å². The van der Waals surface area contributed by atoms with Gasteiger partial charge in [0.15, 0.2) is 5.56 Å². The van der Waals surface area contributed by atoms with Crippen molar-refractivity contribution in [3.63, 3.8) is 0 Å². The lowest BCUT2D eigenvalue weighted by Gasteiger charge is -2.12. The molecule has 2 heterocycles. The molecule has 0 bridgehead atoms. The van der Waals surface area contributed by atoms with Gasteiger partial charge >= 0.3 is 5.97 Å². The molecule has 0 aliphatic carbocycles. The second-order valence-corrected chi connectivity index (χ2v) is 5.28. The van der Waals surface area contributed by atoms with Crippen LogP contribution in [0.15, 0.2) is 47.5 Å². The van der Waals surface area contributed by atoms with Crippen LogP contribution in [0.1, 0.15) is 17.3 Å². The molecule has 0 aliphatic rings. The zero-order valence-corrected chi connectivity index (χ0v) is 13.3. The van der Waals surface area contributed by atoms with Crippen molar-refractivity contribution >= 4 is 16.9 Å². The summed E-state index contributed by atoms with van der Waals surface area (Å²) in [5.41, 5.74) is 1.41. The predicted octanol–water partition coefficient (Wildman–Crippen LogP) is 2.48. The average molecular weight is 324 g/mol. The van der Waals surface area contributed by atoms with E-state index < -0.39 is 11.5 Å². The minimum Gasteiger partial charge on any atom is -0.506 e. The molecule has 6 heteroatoms. The van der Waals surface area contributed by atoms with Crippen molar-refractivity contribution in [3.8, 4) is 16.9 Å². The molecule has 0 fully saturated rings. The number of aromatic hydroxyl groups is 1. The molecule has 122 valence electrons. The minimum atomic E-state index is -0.823. The molecule has 0 radical (unpaired) electrons. The summed E-state index contributed by atoms with van der Waals surface area (Å²) >= 11 is 0. The average Bonchev–Trinajstić information content (AvgIpc) is 2.60. The Labute approximate surface area is 138 Å². The maximum absolute atomic E-state index is 12.5. The van der Waals surface area contributed by atoms with E-state index in [2.05, 4.69) is 4.98 Å². The third kappa shape index (κ3) is 2.52. The number of esters is 1. The Balaban J connectivity index is 2.26. The fraction of sp³-hybridized carbons (Fsp3) is 0.167. The van der Waals surface area contributed by atoms with Gasteiger partial charge in [0.1, 0.15) is 5.75 Å². The van der Waals surface area contributed by atoms with E-state index >= 15 is 0 Å². The largest absolute Gasteiger partial charge is 0.506 e. The van der Waals surface area contributed by atoms with Crippen LogP contribution in [-0.4, -0.2) is 27.2 Å². The van der Waals surface area contributed by atoms with Crippen LogP contribution in [0.5, 0.6) is 5.75 Å². The van der Waals surface area contributed by atoms with E-state index in [1.54, 1.807) is 38.5 Å². The minimum absolute atomic E-state index is 0.125. The smallest absolute Gasteiger partial charge is 0.347 e. The Morgan fingerprint density at radius 1 is 1.21 bits per heavy atom. The first-order valence-corrected chi connectivity index (χ1v) is 7.47. The SMILES string of the molecule is CCOC(=O)c1c(O)c2ccc(-c3ccncc3)cc2n(C)c1=O. The molecule has 0 amide bonds. The molecule has 0 saturated heterocycles. The van der Waals surface area contributed by atoms with E-state index in [0.717, 1.165) is 11.1 Å². The second-order valence-electron chi connectivity index (χ2n) is 5.28. The summed E-state index contributed by atoms with van der Waals surface area (Å²) in [6, 6.07) is 9.00. The number of rotatable bonds is 3. The van der Waals surface area contributed by atoms with Gasteiger partial charge in [-0.2, -0.15) is 0 Å². The quantitative estimate of drug-likeness (QED) is 0.749. The van der Waals surface area contributed by atoms with Crippen LogP contribution in [-0.2, 0) is 11.8 Å². The number of fused-ring (bicyclic) bond motifs is 1. The van der Waals surface area contributed by atoms with E-state index in [1.165, 1.54) is 4.57 Å². The second kappa shape index (κ2) is 6.16. The summed E-state index contributed by atoms with van der Waals surface area (Å²) in [7, 11) is 1.56. The maximum atomic E-state index is 12.5. The molecule has 24 heavy (non-hydrogen) atoms. The third-order valence-corrected chi connectivity index (χ3v) is 3.86. The molecular weight excluding hydrogens is 308 g/mol. The topological polar surface area (TPSA) is 81.4 Å². The van der Waals surface area contributed by atoms with Gasteiger partial charge in [-0.1, -0.05) is 6.07 Å². The highest BCUT2D eigenvalue weighted by atomic mass is 16.5. The van der Waals surface area contributed by atoms with E-state index in [1.807, 2.05) is 18.2 Å². The summed E-state index contributed by atoms with van der Waals surface area (Å²) in [6.07, 6.45) is 3.36. The Morgan fingerprint density at radius 2 is 1.92 bits per heavy atom. The zero-order valence-electron chi connectivity index (χ0n) is 13.3. The number of hydrogen-bond donors (Lipinski definition) is 1. The van der Waals surface area contributed by atoms with Crippen LogP contribution in [0.2, 0.25) is 0 Å². The van der Waals surface area contributed by atoms with Gasteiger partial charge in [-0.25, -0.2) is 4.79 Å². The molecule has 0 atom stereocenters. The Bertz CT molecular complexity index is 978.